The first-order valence-electron chi connectivity index (χ1n) is 14.2. The summed E-state index contributed by atoms with van der Waals surface area (Å²) in [6.07, 6.45) is 0.424. The highest BCUT2D eigenvalue weighted by Crippen LogP contribution is 2.41. The van der Waals surface area contributed by atoms with E-state index < -0.39 is 41.4 Å². The van der Waals surface area contributed by atoms with Crippen molar-refractivity contribution in [2.24, 2.45) is 0 Å². The Hall–Kier alpha value is -4.84. The molecule has 0 aliphatic heterocycles. The van der Waals surface area contributed by atoms with E-state index in [0.29, 0.717) is 34.1 Å². The van der Waals surface area contributed by atoms with Gasteiger partial charge in [0.2, 0.25) is 11.8 Å². The molecule has 2 N–H and O–H groups in total. The summed E-state index contributed by atoms with van der Waals surface area (Å²) in [7, 11) is 1.19. The van der Waals surface area contributed by atoms with Gasteiger partial charge in [-0.3, -0.25) is 9.59 Å². The van der Waals surface area contributed by atoms with Crippen molar-refractivity contribution in [3.63, 3.8) is 0 Å². The molecule has 7 nitrogen and oxygen atoms in total. The number of hydrogen-bond donors (Lipinski definition) is 2. The molecule has 1 atom stereocenters. The number of amides is 2. The van der Waals surface area contributed by atoms with Crippen LogP contribution in [0, 0.1) is 11.6 Å². The Bertz CT molecular complexity index is 1750. The Morgan fingerprint density at radius 1 is 1.00 bits per heavy atom. The first kappa shape index (κ1) is 34.0. The number of hydrogen-bond acceptors (Lipinski definition) is 6. The topological polar surface area (TPSA) is 97.4 Å². The number of carbonyl (C=O) groups is 3. The Morgan fingerprint density at radius 3 is 2.22 bits per heavy atom. The van der Waals surface area contributed by atoms with E-state index in [1.807, 2.05) is 6.92 Å². The maximum atomic E-state index is 14.5. The van der Waals surface area contributed by atoms with Crippen molar-refractivity contribution < 1.29 is 36.7 Å². The second kappa shape index (κ2) is 14.5. The number of nitrogens with zero attached hydrogens (tertiary/aromatic N) is 1. The molecule has 1 aromatic heterocycles. The Balaban J connectivity index is 1.61. The zero-order chi connectivity index (χ0) is 33.6. The van der Waals surface area contributed by atoms with Crippen molar-refractivity contribution in [1.29, 1.82) is 0 Å². The zero-order valence-electron chi connectivity index (χ0n) is 25.3. The lowest BCUT2D eigenvalue weighted by Gasteiger charge is -2.17. The number of benzene rings is 3. The number of anilines is 1. The van der Waals surface area contributed by atoms with E-state index in [1.165, 1.54) is 26.2 Å². The molecule has 0 radical (unpaired) electrons. The summed E-state index contributed by atoms with van der Waals surface area (Å²) in [6, 6.07) is 14.5. The quantitative estimate of drug-likeness (QED) is 0.0929. The fraction of sp³-hybridized carbons (Fsp3) is 0.235. The van der Waals surface area contributed by atoms with Crippen LogP contribution in [0.3, 0.4) is 0 Å². The molecular weight excluding hydrogens is 622 g/mol. The predicted octanol–water partition coefficient (Wildman–Crippen LogP) is 7.68. The summed E-state index contributed by atoms with van der Waals surface area (Å²) in [5.74, 6) is -6.84. The molecule has 0 saturated carbocycles. The van der Waals surface area contributed by atoms with Gasteiger partial charge in [0.25, 0.3) is 5.92 Å². The molecular formula is C34H31F4N3O4S. The van der Waals surface area contributed by atoms with Crippen LogP contribution in [0.5, 0.6) is 0 Å². The SMILES string of the molecule is C=C(C)C(F)(F)c1ccc(-c2ccccc2-c2sc(NC(=O)[C@H](CCC)NC(=O)Cc3cc(F)cc(F)c3)nc2C(=O)OC)cc1. The van der Waals surface area contributed by atoms with Gasteiger partial charge in [-0.2, -0.15) is 8.78 Å². The number of esters is 1. The smallest absolute Gasteiger partial charge is 0.358 e. The molecule has 0 aliphatic carbocycles. The summed E-state index contributed by atoms with van der Waals surface area (Å²) >= 11 is 0.993. The van der Waals surface area contributed by atoms with Gasteiger partial charge in [-0.1, -0.05) is 79.8 Å². The number of ether oxygens (including phenoxy) is 1. The third-order valence-corrected chi connectivity index (χ3v) is 8.02. The van der Waals surface area contributed by atoms with Crippen LogP contribution in [0.4, 0.5) is 22.7 Å². The minimum absolute atomic E-state index is 0.0502. The molecule has 1 heterocycles. The van der Waals surface area contributed by atoms with E-state index >= 15 is 0 Å². The number of methoxy groups -OCH3 is 1. The van der Waals surface area contributed by atoms with Crippen LogP contribution < -0.4 is 10.6 Å². The van der Waals surface area contributed by atoms with Crippen molar-refractivity contribution in [2.45, 2.75) is 45.1 Å². The van der Waals surface area contributed by atoms with Gasteiger partial charge in [0.15, 0.2) is 10.8 Å². The lowest BCUT2D eigenvalue weighted by Crippen LogP contribution is -2.44. The fourth-order valence-corrected chi connectivity index (χ4v) is 5.72. The second-order valence-corrected chi connectivity index (χ2v) is 11.5. The first-order chi connectivity index (χ1) is 21.8. The van der Waals surface area contributed by atoms with Crippen molar-refractivity contribution in [3.8, 4) is 21.6 Å². The van der Waals surface area contributed by atoms with Crippen LogP contribution >= 0.6 is 11.3 Å². The normalized spacial score (nSPS) is 11.9. The molecule has 2 amide bonds. The van der Waals surface area contributed by atoms with Gasteiger partial charge < -0.3 is 15.4 Å². The lowest BCUT2D eigenvalue weighted by molar-refractivity contribution is -0.126. The largest absolute Gasteiger partial charge is 0.464 e. The number of allylic oxidation sites excluding steroid dienone is 1. The number of alkyl halides is 2. The van der Waals surface area contributed by atoms with Crippen molar-refractivity contribution in [2.75, 3.05) is 12.4 Å². The summed E-state index contributed by atoms with van der Waals surface area (Å²) in [4.78, 5) is 43.4. The van der Waals surface area contributed by atoms with Crippen LogP contribution in [0.1, 0.15) is 48.3 Å². The van der Waals surface area contributed by atoms with Crippen LogP contribution in [-0.4, -0.2) is 35.9 Å². The number of rotatable bonds is 12. The van der Waals surface area contributed by atoms with Crippen LogP contribution in [0.25, 0.3) is 21.6 Å². The van der Waals surface area contributed by atoms with Gasteiger partial charge in [0.05, 0.1) is 18.4 Å². The molecule has 0 unspecified atom stereocenters. The van der Waals surface area contributed by atoms with E-state index in [0.717, 1.165) is 23.5 Å². The van der Waals surface area contributed by atoms with Gasteiger partial charge in [-0.15, -0.1) is 0 Å². The maximum absolute atomic E-state index is 14.5. The van der Waals surface area contributed by atoms with Crippen LogP contribution in [-0.2, 0) is 26.7 Å². The number of aromatic nitrogens is 1. The Kier molecular flexibility index (Phi) is 10.7. The third-order valence-electron chi connectivity index (χ3n) is 7.02. The first-order valence-corrected chi connectivity index (χ1v) is 15.0. The number of thiazole rings is 1. The Labute approximate surface area is 267 Å². The van der Waals surface area contributed by atoms with Gasteiger partial charge in [-0.25, -0.2) is 18.6 Å². The standard InChI is InChI=1S/C34H31F4N3O4S/c1-5-8-27(39-28(42)17-20-15-23(35)18-24(36)16-20)31(43)41-33-40-29(32(44)45-4)30(46-33)26-10-7-6-9-25(26)21-11-13-22(14-12-21)34(37,38)19(2)3/h6-7,9-16,18,27H,2,5,8,17H2,1,3-4H3,(H,39,42)(H,40,41,43)/t27-/m0/s1. The average molecular weight is 654 g/mol. The highest BCUT2D eigenvalue weighted by Gasteiger charge is 2.32. The van der Waals surface area contributed by atoms with Crippen molar-refractivity contribution >= 4 is 34.3 Å². The highest BCUT2D eigenvalue weighted by atomic mass is 32.1. The van der Waals surface area contributed by atoms with Gasteiger partial charge in [0, 0.05) is 17.2 Å². The predicted molar refractivity (Wildman–Crippen MR) is 169 cm³/mol. The van der Waals surface area contributed by atoms with E-state index in [4.69, 9.17) is 4.74 Å². The van der Waals surface area contributed by atoms with Crippen LogP contribution in [0.2, 0.25) is 0 Å². The monoisotopic (exact) mass is 653 g/mol. The lowest BCUT2D eigenvalue weighted by atomic mass is 9.95. The molecule has 0 saturated heterocycles. The van der Waals surface area contributed by atoms with E-state index in [-0.39, 0.29) is 40.4 Å². The summed E-state index contributed by atoms with van der Waals surface area (Å²) in [5.41, 5.74) is 1.28. The minimum Gasteiger partial charge on any atom is -0.464 e. The molecule has 0 spiro atoms. The number of carbonyl (C=O) groups excluding carboxylic acids is 3. The molecule has 12 heteroatoms. The van der Waals surface area contributed by atoms with E-state index in [1.54, 1.807) is 36.4 Å². The molecule has 46 heavy (non-hydrogen) atoms. The number of halogens is 4. The number of nitrogens with one attached hydrogen (secondary N) is 2. The molecule has 240 valence electrons. The molecule has 0 fully saturated rings. The molecule has 3 aromatic carbocycles. The average Bonchev–Trinajstić information content (AvgIpc) is 3.43. The van der Waals surface area contributed by atoms with Gasteiger partial charge in [0.1, 0.15) is 17.7 Å². The molecule has 0 bridgehead atoms. The molecule has 0 aliphatic rings. The van der Waals surface area contributed by atoms with Crippen molar-refractivity contribution in [3.05, 3.63) is 107 Å². The molecule has 4 rings (SSSR count). The van der Waals surface area contributed by atoms with Crippen LogP contribution in [0.15, 0.2) is 78.9 Å². The Morgan fingerprint density at radius 2 is 1.63 bits per heavy atom. The maximum Gasteiger partial charge on any atom is 0.358 e. The summed E-state index contributed by atoms with van der Waals surface area (Å²) in [6.45, 7) is 6.45. The van der Waals surface area contributed by atoms with Gasteiger partial charge >= 0.3 is 5.97 Å². The van der Waals surface area contributed by atoms with E-state index in [2.05, 4.69) is 22.2 Å². The third kappa shape index (κ3) is 7.86. The van der Waals surface area contributed by atoms with Crippen molar-refractivity contribution in [1.82, 2.24) is 10.3 Å². The highest BCUT2D eigenvalue weighted by molar-refractivity contribution is 7.19. The second-order valence-electron chi connectivity index (χ2n) is 10.5. The summed E-state index contributed by atoms with van der Waals surface area (Å²) in [5, 5.41) is 5.30. The van der Waals surface area contributed by atoms with Gasteiger partial charge in [-0.05, 0) is 47.7 Å². The zero-order valence-corrected chi connectivity index (χ0v) is 26.1. The van der Waals surface area contributed by atoms with E-state index in [9.17, 15) is 31.9 Å². The molecule has 4 aromatic rings. The minimum atomic E-state index is -3.20. The summed E-state index contributed by atoms with van der Waals surface area (Å²) < 4.78 is 61.1. The fourth-order valence-electron chi connectivity index (χ4n) is 4.72.